The summed E-state index contributed by atoms with van der Waals surface area (Å²) >= 11 is 1.43. The Hall–Kier alpha value is -2.28. The minimum atomic E-state index is -0.431. The van der Waals surface area contributed by atoms with Gasteiger partial charge in [-0.3, -0.25) is 9.59 Å². The highest BCUT2D eigenvalue weighted by Crippen LogP contribution is 2.36. The lowest BCUT2D eigenvalue weighted by molar-refractivity contribution is -0.120. The van der Waals surface area contributed by atoms with Crippen molar-refractivity contribution < 1.29 is 9.59 Å². The van der Waals surface area contributed by atoms with E-state index < -0.39 is 5.25 Å². The fourth-order valence-corrected chi connectivity index (χ4v) is 3.64. The smallest absolute Gasteiger partial charge is 0.238 e. The van der Waals surface area contributed by atoms with Gasteiger partial charge < -0.3 is 10.6 Å². The van der Waals surface area contributed by atoms with E-state index in [1.807, 2.05) is 31.2 Å². The van der Waals surface area contributed by atoms with Crippen LogP contribution in [0.3, 0.4) is 0 Å². The molecule has 2 N–H and O–H groups in total. The number of para-hydroxylation sites is 1. The molecule has 0 radical (unpaired) electrons. The molecule has 126 valence electrons. The van der Waals surface area contributed by atoms with Gasteiger partial charge in [-0.25, -0.2) is 4.68 Å². The van der Waals surface area contributed by atoms with Gasteiger partial charge in [0, 0.05) is 17.4 Å². The number of nitrogens with zero attached hydrogens (tertiary/aromatic N) is 2. The molecular formula is C17H20N4O2S. The highest BCUT2D eigenvalue weighted by molar-refractivity contribution is 8.01. The van der Waals surface area contributed by atoms with Gasteiger partial charge in [-0.15, -0.1) is 11.8 Å². The molecule has 2 atom stereocenters. The van der Waals surface area contributed by atoms with Gasteiger partial charge in [0.1, 0.15) is 5.82 Å². The van der Waals surface area contributed by atoms with Crippen LogP contribution in [-0.2, 0) is 9.59 Å². The number of fused-ring (bicyclic) bond motifs is 1. The van der Waals surface area contributed by atoms with Crippen LogP contribution in [0.1, 0.15) is 32.7 Å². The molecule has 2 amide bonds. The fourth-order valence-electron chi connectivity index (χ4n) is 2.53. The highest BCUT2D eigenvalue weighted by Gasteiger charge is 2.29. The van der Waals surface area contributed by atoms with Crippen LogP contribution in [0.2, 0.25) is 0 Å². The predicted octanol–water partition coefficient (Wildman–Crippen LogP) is 3.30. The molecule has 1 aliphatic heterocycles. The van der Waals surface area contributed by atoms with Crippen LogP contribution in [0.5, 0.6) is 0 Å². The molecule has 0 bridgehead atoms. The van der Waals surface area contributed by atoms with E-state index in [-0.39, 0.29) is 24.3 Å². The summed E-state index contributed by atoms with van der Waals surface area (Å²) < 4.78 is 1.79. The Labute approximate surface area is 145 Å². The Balaban J connectivity index is 1.66. The van der Waals surface area contributed by atoms with E-state index in [9.17, 15) is 9.59 Å². The number of thioether (sulfide) groups is 1. The molecule has 2 heterocycles. The minimum Gasteiger partial charge on any atom is -0.324 e. The number of nitrogens with one attached hydrogen (secondary N) is 2. The third kappa shape index (κ3) is 3.46. The molecule has 0 fully saturated rings. The van der Waals surface area contributed by atoms with E-state index in [1.54, 1.807) is 16.9 Å². The molecule has 6 nitrogen and oxygen atoms in total. The minimum absolute atomic E-state index is 0.122. The maximum absolute atomic E-state index is 12.4. The zero-order valence-corrected chi connectivity index (χ0v) is 14.5. The van der Waals surface area contributed by atoms with E-state index in [0.29, 0.717) is 5.82 Å². The number of anilines is 2. The first kappa shape index (κ1) is 16.6. The molecular weight excluding hydrogens is 324 g/mol. The van der Waals surface area contributed by atoms with E-state index in [2.05, 4.69) is 22.7 Å². The third-order valence-electron chi connectivity index (χ3n) is 4.02. The van der Waals surface area contributed by atoms with Crippen molar-refractivity contribution in [2.24, 2.45) is 0 Å². The second kappa shape index (κ2) is 7.09. The van der Waals surface area contributed by atoms with Gasteiger partial charge in [0.05, 0.1) is 23.2 Å². The topological polar surface area (TPSA) is 76.0 Å². The molecule has 1 aliphatic rings. The molecule has 0 saturated heterocycles. The maximum atomic E-state index is 12.4. The molecule has 0 unspecified atom stereocenters. The number of amides is 2. The lowest BCUT2D eigenvalue weighted by atomic mass is 10.2. The van der Waals surface area contributed by atoms with Crippen LogP contribution in [0.15, 0.2) is 41.4 Å². The van der Waals surface area contributed by atoms with Crippen molar-refractivity contribution in [3.63, 3.8) is 0 Å². The van der Waals surface area contributed by atoms with Crippen molar-refractivity contribution in [2.45, 2.75) is 42.9 Å². The van der Waals surface area contributed by atoms with Crippen molar-refractivity contribution in [2.75, 3.05) is 10.6 Å². The number of hydrogen-bond donors (Lipinski definition) is 2. The molecule has 24 heavy (non-hydrogen) atoms. The molecule has 2 aromatic rings. The van der Waals surface area contributed by atoms with Gasteiger partial charge in [0.25, 0.3) is 0 Å². The lowest BCUT2D eigenvalue weighted by Gasteiger charge is -2.23. The first-order valence-corrected chi connectivity index (χ1v) is 8.86. The number of benzene rings is 1. The van der Waals surface area contributed by atoms with Gasteiger partial charge >= 0.3 is 0 Å². The first-order valence-electron chi connectivity index (χ1n) is 7.98. The Morgan fingerprint density at radius 1 is 1.42 bits per heavy atom. The zero-order chi connectivity index (χ0) is 17.1. The van der Waals surface area contributed by atoms with Crippen molar-refractivity contribution in [1.29, 1.82) is 0 Å². The maximum Gasteiger partial charge on any atom is 0.238 e. The molecule has 1 aromatic heterocycles. The second-order valence-corrected chi connectivity index (χ2v) is 7.01. The van der Waals surface area contributed by atoms with Gasteiger partial charge in [-0.2, -0.15) is 5.10 Å². The summed E-state index contributed by atoms with van der Waals surface area (Å²) in [7, 11) is 0. The van der Waals surface area contributed by atoms with E-state index >= 15 is 0 Å². The Kier molecular flexibility index (Phi) is 4.89. The van der Waals surface area contributed by atoms with Crippen molar-refractivity contribution >= 4 is 35.1 Å². The van der Waals surface area contributed by atoms with Gasteiger partial charge in [-0.1, -0.05) is 19.1 Å². The number of aromatic nitrogens is 2. The number of carbonyl (C=O) groups is 2. The summed E-state index contributed by atoms with van der Waals surface area (Å²) in [6.07, 6.45) is 2.71. The summed E-state index contributed by atoms with van der Waals surface area (Å²) in [5.74, 6) is 0.340. The normalized spacial score (nSPS) is 17.8. The Morgan fingerprint density at radius 3 is 3.00 bits per heavy atom. The van der Waals surface area contributed by atoms with Crippen molar-refractivity contribution in [1.82, 2.24) is 9.78 Å². The summed E-state index contributed by atoms with van der Waals surface area (Å²) in [4.78, 5) is 25.5. The zero-order valence-electron chi connectivity index (χ0n) is 13.7. The van der Waals surface area contributed by atoms with E-state index in [4.69, 9.17) is 0 Å². The Morgan fingerprint density at radius 2 is 2.21 bits per heavy atom. The number of carbonyl (C=O) groups excluding carboxylic acids is 2. The standard InChI is InChI=1S/C17H20N4O2S/c1-3-11(2)21-15(8-9-18-21)20-16(22)10-14-17(23)19-12-6-4-5-7-13(12)24-14/h4-9,11,14H,3,10H2,1-2H3,(H,19,23)(H,20,22)/t11-,14-/m0/s1. The fraction of sp³-hybridized carbons (Fsp3) is 0.353. The van der Waals surface area contributed by atoms with Crippen LogP contribution >= 0.6 is 11.8 Å². The summed E-state index contributed by atoms with van der Waals surface area (Å²) in [6, 6.07) is 9.58. The highest BCUT2D eigenvalue weighted by atomic mass is 32.2. The van der Waals surface area contributed by atoms with Crippen LogP contribution in [0, 0.1) is 0 Å². The molecule has 0 saturated carbocycles. The summed E-state index contributed by atoms with van der Waals surface area (Å²) in [6.45, 7) is 4.11. The van der Waals surface area contributed by atoms with Crippen molar-refractivity contribution in [3.8, 4) is 0 Å². The van der Waals surface area contributed by atoms with E-state index in [1.165, 1.54) is 11.8 Å². The summed E-state index contributed by atoms with van der Waals surface area (Å²) in [5, 5.41) is 9.54. The average molecular weight is 344 g/mol. The van der Waals surface area contributed by atoms with Gasteiger partial charge in [0.15, 0.2) is 0 Å². The van der Waals surface area contributed by atoms with E-state index in [0.717, 1.165) is 17.0 Å². The van der Waals surface area contributed by atoms with Crippen LogP contribution in [0.4, 0.5) is 11.5 Å². The van der Waals surface area contributed by atoms with Gasteiger partial charge in [-0.05, 0) is 25.5 Å². The second-order valence-electron chi connectivity index (χ2n) is 5.76. The van der Waals surface area contributed by atoms with Gasteiger partial charge in [0.2, 0.25) is 11.8 Å². The molecule has 0 spiro atoms. The molecule has 1 aromatic carbocycles. The number of hydrogen-bond acceptors (Lipinski definition) is 4. The molecule has 7 heteroatoms. The largest absolute Gasteiger partial charge is 0.324 e. The quantitative estimate of drug-likeness (QED) is 0.872. The molecule has 0 aliphatic carbocycles. The molecule has 3 rings (SSSR count). The summed E-state index contributed by atoms with van der Waals surface area (Å²) in [5.41, 5.74) is 0.805. The SMILES string of the molecule is CC[C@H](C)n1nccc1NC(=O)C[C@@H]1Sc2ccccc2NC1=O. The van der Waals surface area contributed by atoms with Crippen LogP contribution in [0.25, 0.3) is 0 Å². The Bertz CT molecular complexity index is 759. The number of rotatable bonds is 5. The monoisotopic (exact) mass is 344 g/mol. The first-order chi connectivity index (χ1) is 11.6. The van der Waals surface area contributed by atoms with Crippen molar-refractivity contribution in [3.05, 3.63) is 36.5 Å². The third-order valence-corrected chi connectivity index (χ3v) is 5.30. The van der Waals surface area contributed by atoms with Crippen LogP contribution in [-0.4, -0.2) is 26.8 Å². The predicted molar refractivity (Wildman–Crippen MR) is 95.2 cm³/mol. The van der Waals surface area contributed by atoms with Crippen LogP contribution < -0.4 is 10.6 Å². The average Bonchev–Trinajstić information content (AvgIpc) is 3.02. The lowest BCUT2D eigenvalue weighted by Crippen LogP contribution is -2.32.